The second-order valence-corrected chi connectivity index (χ2v) is 5.98. The number of anilines is 1. The van der Waals surface area contributed by atoms with Gasteiger partial charge in [0.05, 0.1) is 0 Å². The Labute approximate surface area is 122 Å². The summed E-state index contributed by atoms with van der Waals surface area (Å²) >= 11 is 0. The quantitative estimate of drug-likeness (QED) is 0.792. The molecular formula is C17H26N2O. The highest BCUT2D eigenvalue weighted by molar-refractivity contribution is 5.88. The van der Waals surface area contributed by atoms with Crippen LogP contribution < -0.4 is 10.6 Å². The number of carbonyl (C=O) groups is 1. The second kappa shape index (κ2) is 6.89. The fourth-order valence-electron chi connectivity index (χ4n) is 2.65. The minimum atomic E-state index is -0.0251. The van der Waals surface area contributed by atoms with E-state index in [1.807, 2.05) is 12.1 Å². The predicted molar refractivity (Wildman–Crippen MR) is 83.7 cm³/mol. The molecule has 20 heavy (non-hydrogen) atoms. The second-order valence-electron chi connectivity index (χ2n) is 5.98. The van der Waals surface area contributed by atoms with Crippen LogP contribution in [-0.4, -0.2) is 11.9 Å². The molecule has 1 aromatic carbocycles. The predicted octanol–water partition coefficient (Wildman–Crippen LogP) is 3.87. The molecule has 2 atom stereocenters. The minimum Gasteiger partial charge on any atom is -0.326 e. The summed E-state index contributed by atoms with van der Waals surface area (Å²) < 4.78 is 0. The Morgan fingerprint density at radius 1 is 1.40 bits per heavy atom. The van der Waals surface area contributed by atoms with E-state index in [-0.39, 0.29) is 5.91 Å². The zero-order valence-corrected chi connectivity index (χ0v) is 12.8. The summed E-state index contributed by atoms with van der Waals surface area (Å²) in [5.74, 6) is 0.924. The van der Waals surface area contributed by atoms with Crippen LogP contribution in [0.2, 0.25) is 0 Å². The lowest BCUT2D eigenvalue weighted by Gasteiger charge is -2.23. The first-order valence-corrected chi connectivity index (χ1v) is 7.72. The molecule has 1 amide bonds. The van der Waals surface area contributed by atoms with E-state index in [2.05, 4.69) is 36.6 Å². The van der Waals surface area contributed by atoms with E-state index in [1.54, 1.807) is 0 Å². The van der Waals surface area contributed by atoms with Gasteiger partial charge in [-0.1, -0.05) is 31.9 Å². The Hall–Kier alpha value is -1.35. The van der Waals surface area contributed by atoms with Gasteiger partial charge in [0.15, 0.2) is 0 Å². The fourth-order valence-corrected chi connectivity index (χ4v) is 2.65. The van der Waals surface area contributed by atoms with Gasteiger partial charge in [-0.2, -0.15) is 0 Å². The summed E-state index contributed by atoms with van der Waals surface area (Å²) in [4.78, 5) is 11.1. The van der Waals surface area contributed by atoms with Crippen LogP contribution in [0.25, 0.3) is 0 Å². The van der Waals surface area contributed by atoms with Gasteiger partial charge in [0.25, 0.3) is 0 Å². The van der Waals surface area contributed by atoms with Crippen molar-refractivity contribution in [3.63, 3.8) is 0 Å². The van der Waals surface area contributed by atoms with E-state index in [1.165, 1.54) is 38.2 Å². The molecule has 0 saturated heterocycles. The number of hydrogen-bond donors (Lipinski definition) is 2. The number of carbonyl (C=O) groups excluding carboxylic acids is 1. The van der Waals surface area contributed by atoms with Crippen molar-refractivity contribution in [2.24, 2.45) is 5.92 Å². The van der Waals surface area contributed by atoms with Crippen LogP contribution in [0.5, 0.6) is 0 Å². The highest BCUT2D eigenvalue weighted by Crippen LogP contribution is 2.34. The molecule has 1 fully saturated rings. The first kappa shape index (κ1) is 15.0. The maximum atomic E-state index is 11.1. The third kappa shape index (κ3) is 4.64. The van der Waals surface area contributed by atoms with Crippen LogP contribution in [0.1, 0.15) is 58.1 Å². The standard InChI is InChI=1S/C17H26N2O/c1-4-16(10-14-8-9-14)18-12(2)15-6-5-7-17(11-15)19-13(3)20/h5-7,11-12,14,16,18H,4,8-10H2,1-3H3,(H,19,20). The van der Waals surface area contributed by atoms with E-state index in [4.69, 9.17) is 0 Å². The van der Waals surface area contributed by atoms with Crippen molar-refractivity contribution in [2.75, 3.05) is 5.32 Å². The molecule has 1 saturated carbocycles. The molecule has 1 aromatic rings. The number of hydrogen-bond acceptors (Lipinski definition) is 2. The van der Waals surface area contributed by atoms with Crippen LogP contribution >= 0.6 is 0 Å². The molecule has 1 aliphatic carbocycles. The lowest BCUT2D eigenvalue weighted by atomic mass is 10.0. The maximum Gasteiger partial charge on any atom is 0.221 e. The molecule has 1 aliphatic rings. The van der Waals surface area contributed by atoms with Gasteiger partial charge < -0.3 is 10.6 Å². The van der Waals surface area contributed by atoms with Gasteiger partial charge in [-0.15, -0.1) is 0 Å². The van der Waals surface area contributed by atoms with Gasteiger partial charge >= 0.3 is 0 Å². The van der Waals surface area contributed by atoms with Crippen molar-refractivity contribution in [3.05, 3.63) is 29.8 Å². The molecule has 0 aromatic heterocycles. The third-order valence-corrected chi connectivity index (χ3v) is 4.00. The number of rotatable bonds is 7. The van der Waals surface area contributed by atoms with E-state index in [9.17, 15) is 4.79 Å². The molecule has 110 valence electrons. The van der Waals surface area contributed by atoms with Crippen LogP contribution in [0.15, 0.2) is 24.3 Å². The molecule has 2 rings (SSSR count). The van der Waals surface area contributed by atoms with E-state index < -0.39 is 0 Å². The van der Waals surface area contributed by atoms with Gasteiger partial charge in [-0.05, 0) is 43.4 Å². The minimum absolute atomic E-state index is 0.0251. The Kier molecular flexibility index (Phi) is 5.18. The molecule has 0 heterocycles. The third-order valence-electron chi connectivity index (χ3n) is 4.00. The monoisotopic (exact) mass is 274 g/mol. The molecule has 0 radical (unpaired) electrons. The van der Waals surface area contributed by atoms with Crippen molar-refractivity contribution < 1.29 is 4.79 Å². The number of nitrogens with one attached hydrogen (secondary N) is 2. The smallest absolute Gasteiger partial charge is 0.221 e. The first-order chi connectivity index (χ1) is 9.58. The fraction of sp³-hybridized carbons (Fsp3) is 0.588. The molecule has 0 bridgehead atoms. The number of amides is 1. The maximum absolute atomic E-state index is 11.1. The normalized spacial score (nSPS) is 17.6. The lowest BCUT2D eigenvalue weighted by molar-refractivity contribution is -0.114. The topological polar surface area (TPSA) is 41.1 Å². The summed E-state index contributed by atoms with van der Waals surface area (Å²) in [6, 6.07) is 9.02. The van der Waals surface area contributed by atoms with Gasteiger partial charge in [-0.3, -0.25) is 4.79 Å². The van der Waals surface area contributed by atoms with Crippen molar-refractivity contribution in [1.82, 2.24) is 5.32 Å². The summed E-state index contributed by atoms with van der Waals surface area (Å²) in [5, 5.41) is 6.56. The van der Waals surface area contributed by atoms with Crippen LogP contribution in [-0.2, 0) is 4.79 Å². The van der Waals surface area contributed by atoms with E-state index in [0.29, 0.717) is 12.1 Å². The Morgan fingerprint density at radius 3 is 2.75 bits per heavy atom. The molecule has 0 spiro atoms. The first-order valence-electron chi connectivity index (χ1n) is 7.72. The molecule has 2 unspecified atom stereocenters. The highest BCUT2D eigenvalue weighted by Gasteiger charge is 2.25. The van der Waals surface area contributed by atoms with Crippen LogP contribution in [0, 0.1) is 5.92 Å². The van der Waals surface area contributed by atoms with E-state index in [0.717, 1.165) is 11.6 Å². The van der Waals surface area contributed by atoms with E-state index >= 15 is 0 Å². The largest absolute Gasteiger partial charge is 0.326 e. The highest BCUT2D eigenvalue weighted by atomic mass is 16.1. The van der Waals surface area contributed by atoms with Gasteiger partial charge in [0.2, 0.25) is 5.91 Å². The van der Waals surface area contributed by atoms with Crippen molar-refractivity contribution in [2.45, 2.75) is 58.5 Å². The summed E-state index contributed by atoms with van der Waals surface area (Å²) in [6.07, 6.45) is 5.29. The summed E-state index contributed by atoms with van der Waals surface area (Å²) in [6.45, 7) is 5.99. The van der Waals surface area contributed by atoms with Crippen molar-refractivity contribution in [3.8, 4) is 0 Å². The van der Waals surface area contributed by atoms with Crippen LogP contribution in [0.3, 0.4) is 0 Å². The Balaban J connectivity index is 1.96. The zero-order valence-electron chi connectivity index (χ0n) is 12.8. The SMILES string of the molecule is CCC(CC1CC1)NC(C)c1cccc(NC(C)=O)c1. The zero-order chi connectivity index (χ0) is 14.5. The molecular weight excluding hydrogens is 248 g/mol. The molecule has 0 aliphatic heterocycles. The molecule has 2 N–H and O–H groups in total. The average Bonchev–Trinajstić information content (AvgIpc) is 3.21. The van der Waals surface area contributed by atoms with Gasteiger partial charge in [0, 0.05) is 24.7 Å². The molecule has 3 heteroatoms. The molecule has 3 nitrogen and oxygen atoms in total. The average molecular weight is 274 g/mol. The summed E-state index contributed by atoms with van der Waals surface area (Å²) in [7, 11) is 0. The number of benzene rings is 1. The van der Waals surface area contributed by atoms with Crippen molar-refractivity contribution >= 4 is 11.6 Å². The summed E-state index contributed by atoms with van der Waals surface area (Å²) in [5.41, 5.74) is 2.10. The van der Waals surface area contributed by atoms with Crippen molar-refractivity contribution in [1.29, 1.82) is 0 Å². The van der Waals surface area contributed by atoms with Gasteiger partial charge in [0.1, 0.15) is 0 Å². The Morgan fingerprint density at radius 2 is 2.15 bits per heavy atom. The Bertz CT molecular complexity index is 454. The van der Waals surface area contributed by atoms with Crippen LogP contribution in [0.4, 0.5) is 5.69 Å². The van der Waals surface area contributed by atoms with Gasteiger partial charge in [-0.25, -0.2) is 0 Å². The lowest BCUT2D eigenvalue weighted by Crippen LogP contribution is -2.31.